The van der Waals surface area contributed by atoms with E-state index in [1.807, 2.05) is 13.0 Å². The number of ether oxygens (including phenoxy) is 1. The lowest BCUT2D eigenvalue weighted by Crippen LogP contribution is -2.41. The van der Waals surface area contributed by atoms with E-state index in [1.54, 1.807) is 0 Å². The minimum absolute atomic E-state index is 0.0521. The maximum absolute atomic E-state index is 14.3. The van der Waals surface area contributed by atoms with E-state index in [4.69, 9.17) is 16.3 Å². The predicted molar refractivity (Wildman–Crippen MR) is 138 cm³/mol. The molecule has 0 bridgehead atoms. The molecule has 2 aromatic rings. The summed E-state index contributed by atoms with van der Waals surface area (Å²) < 4.78 is 19.9. The number of carbonyl (C=O) groups is 2. The van der Waals surface area contributed by atoms with Gasteiger partial charge in [0.25, 0.3) is 0 Å². The van der Waals surface area contributed by atoms with E-state index in [9.17, 15) is 14.0 Å². The lowest BCUT2D eigenvalue weighted by atomic mass is 9.92. The van der Waals surface area contributed by atoms with E-state index >= 15 is 0 Å². The number of nitrogens with one attached hydrogen (secondary N) is 2. The van der Waals surface area contributed by atoms with Gasteiger partial charge in [0.15, 0.2) is 0 Å². The molecule has 1 aliphatic heterocycles. The van der Waals surface area contributed by atoms with Crippen molar-refractivity contribution in [3.05, 3.63) is 52.8 Å². The van der Waals surface area contributed by atoms with E-state index in [-0.39, 0.29) is 16.6 Å². The lowest BCUT2D eigenvalue weighted by Gasteiger charge is -2.37. The molecule has 1 saturated heterocycles. The molecule has 1 heterocycles. The molecule has 188 valence electrons. The second kappa shape index (κ2) is 11.9. The van der Waals surface area contributed by atoms with Crippen LogP contribution >= 0.6 is 11.6 Å². The first-order valence-electron chi connectivity index (χ1n) is 12.4. The molecule has 1 atom stereocenters. The molecule has 6 nitrogen and oxygen atoms in total. The summed E-state index contributed by atoms with van der Waals surface area (Å²) in [5.41, 5.74) is 2.65. The van der Waals surface area contributed by atoms with Crippen LogP contribution in [0.4, 0.5) is 26.2 Å². The fourth-order valence-corrected chi connectivity index (χ4v) is 4.86. The fourth-order valence-electron chi connectivity index (χ4n) is 4.70. The van der Waals surface area contributed by atoms with Crippen molar-refractivity contribution in [2.75, 3.05) is 35.3 Å². The fraction of sp³-hybridized carbons (Fsp3) is 0.481. The Labute approximate surface area is 211 Å². The molecule has 2 N–H and O–H groups in total. The van der Waals surface area contributed by atoms with Crippen LogP contribution in [0, 0.1) is 11.7 Å². The molecule has 8 heteroatoms. The standard InChI is InChI=1S/C27H33ClFN3O3/c1-2-19(9-12-33)20-5-8-26(32(17-18-3-4-18)22-10-13-35-14-11-22)25(15-20)31-27(34)30-24-7-6-21(28)16-23(24)29/h5-8,12,15-16,18-19,22H,2-4,9-11,13-14,17H2,1H3,(H2,30,31,34). The number of rotatable bonds is 10. The zero-order valence-corrected chi connectivity index (χ0v) is 20.8. The second-order valence-corrected chi connectivity index (χ2v) is 9.86. The van der Waals surface area contributed by atoms with E-state index in [0.717, 1.165) is 62.6 Å². The second-order valence-electron chi connectivity index (χ2n) is 9.43. The Hall–Kier alpha value is -2.64. The van der Waals surface area contributed by atoms with Gasteiger partial charge >= 0.3 is 6.03 Å². The predicted octanol–water partition coefficient (Wildman–Crippen LogP) is 6.60. The van der Waals surface area contributed by atoms with Crippen molar-refractivity contribution in [2.45, 2.75) is 57.4 Å². The number of carbonyl (C=O) groups excluding carboxylic acids is 2. The van der Waals surface area contributed by atoms with Crippen molar-refractivity contribution in [2.24, 2.45) is 5.92 Å². The smallest absolute Gasteiger partial charge is 0.323 e. The molecule has 0 spiro atoms. The van der Waals surface area contributed by atoms with E-state index < -0.39 is 11.8 Å². The van der Waals surface area contributed by atoms with Crippen LogP contribution in [0.2, 0.25) is 5.02 Å². The van der Waals surface area contributed by atoms with Gasteiger partial charge in [-0.15, -0.1) is 0 Å². The van der Waals surface area contributed by atoms with Gasteiger partial charge in [0.2, 0.25) is 0 Å². The highest BCUT2D eigenvalue weighted by Gasteiger charge is 2.31. The van der Waals surface area contributed by atoms with Crippen LogP contribution in [-0.2, 0) is 9.53 Å². The zero-order valence-electron chi connectivity index (χ0n) is 20.1. The van der Waals surface area contributed by atoms with Crippen molar-refractivity contribution in [1.29, 1.82) is 0 Å². The normalized spacial score (nSPS) is 17.0. The first kappa shape index (κ1) is 25.5. The van der Waals surface area contributed by atoms with Crippen LogP contribution < -0.4 is 15.5 Å². The minimum Gasteiger partial charge on any atom is -0.381 e. The maximum Gasteiger partial charge on any atom is 0.323 e. The SMILES string of the molecule is CCC(CC=O)c1ccc(N(CC2CC2)C2CCOCC2)c(NC(=O)Nc2ccc(Cl)cc2F)c1. The van der Waals surface area contributed by atoms with Crippen molar-refractivity contribution >= 4 is 41.0 Å². The molecule has 4 rings (SSSR count). The Morgan fingerprint density at radius 1 is 1.14 bits per heavy atom. The Bertz CT molecular complexity index is 1040. The number of anilines is 3. The van der Waals surface area contributed by atoms with Gasteiger partial charge in [0.05, 0.1) is 17.1 Å². The summed E-state index contributed by atoms with van der Waals surface area (Å²) in [6, 6.07) is 10.00. The highest BCUT2D eigenvalue weighted by molar-refractivity contribution is 6.30. The summed E-state index contributed by atoms with van der Waals surface area (Å²) >= 11 is 5.84. The van der Waals surface area contributed by atoms with Crippen LogP contribution in [0.1, 0.15) is 56.9 Å². The highest BCUT2D eigenvalue weighted by atomic mass is 35.5. The van der Waals surface area contributed by atoms with E-state index in [0.29, 0.717) is 24.1 Å². The number of benzene rings is 2. The topological polar surface area (TPSA) is 70.7 Å². The summed E-state index contributed by atoms with van der Waals surface area (Å²) in [6.07, 6.45) is 6.46. The van der Waals surface area contributed by atoms with Gasteiger partial charge in [0.1, 0.15) is 12.1 Å². The number of urea groups is 1. The molecule has 2 fully saturated rings. The van der Waals surface area contributed by atoms with Gasteiger partial charge in [-0.25, -0.2) is 9.18 Å². The Balaban J connectivity index is 1.65. The van der Waals surface area contributed by atoms with Gasteiger partial charge < -0.3 is 25.1 Å². The molecule has 0 radical (unpaired) electrons. The van der Waals surface area contributed by atoms with Crippen LogP contribution in [0.5, 0.6) is 0 Å². The van der Waals surface area contributed by atoms with Crippen molar-refractivity contribution < 1.29 is 18.7 Å². The van der Waals surface area contributed by atoms with Crippen LogP contribution in [0.25, 0.3) is 0 Å². The Kier molecular flexibility index (Phi) is 8.63. The van der Waals surface area contributed by atoms with Gasteiger partial charge in [-0.2, -0.15) is 0 Å². The number of nitrogens with zero attached hydrogens (tertiary/aromatic N) is 1. The zero-order chi connectivity index (χ0) is 24.8. The van der Waals surface area contributed by atoms with Crippen molar-refractivity contribution in [3.8, 4) is 0 Å². The third kappa shape index (κ3) is 6.73. The number of hydrogen-bond acceptors (Lipinski definition) is 4. The molecular formula is C27H33ClFN3O3. The molecule has 1 unspecified atom stereocenters. The summed E-state index contributed by atoms with van der Waals surface area (Å²) in [4.78, 5) is 26.6. The summed E-state index contributed by atoms with van der Waals surface area (Å²) in [6.45, 7) is 4.42. The molecular weight excluding hydrogens is 469 g/mol. The number of amides is 2. The van der Waals surface area contributed by atoms with Gasteiger partial charge in [0, 0.05) is 37.2 Å². The van der Waals surface area contributed by atoms with Crippen LogP contribution in [0.3, 0.4) is 0 Å². The average molecular weight is 502 g/mol. The van der Waals surface area contributed by atoms with Crippen LogP contribution in [-0.4, -0.2) is 38.1 Å². The lowest BCUT2D eigenvalue weighted by molar-refractivity contribution is -0.108. The molecule has 2 aromatic carbocycles. The number of hydrogen-bond donors (Lipinski definition) is 2. The van der Waals surface area contributed by atoms with E-state index in [1.165, 1.54) is 25.0 Å². The molecule has 1 aliphatic carbocycles. The van der Waals surface area contributed by atoms with Crippen molar-refractivity contribution in [3.63, 3.8) is 0 Å². The highest BCUT2D eigenvalue weighted by Crippen LogP contribution is 2.38. The maximum atomic E-state index is 14.3. The number of aldehydes is 1. The molecule has 0 aromatic heterocycles. The molecule has 1 saturated carbocycles. The van der Waals surface area contributed by atoms with Gasteiger partial charge in [-0.3, -0.25) is 0 Å². The minimum atomic E-state index is -0.601. The summed E-state index contributed by atoms with van der Waals surface area (Å²) in [5.74, 6) is 0.121. The quantitative estimate of drug-likeness (QED) is 0.360. The monoisotopic (exact) mass is 501 g/mol. The first-order valence-corrected chi connectivity index (χ1v) is 12.8. The van der Waals surface area contributed by atoms with Gasteiger partial charge in [-0.05, 0) is 79.8 Å². The van der Waals surface area contributed by atoms with E-state index in [2.05, 4.69) is 27.7 Å². The summed E-state index contributed by atoms with van der Waals surface area (Å²) in [5, 5.41) is 5.82. The third-order valence-corrected chi connectivity index (χ3v) is 7.12. The Morgan fingerprint density at radius 2 is 1.89 bits per heavy atom. The van der Waals surface area contributed by atoms with Gasteiger partial charge in [-0.1, -0.05) is 24.6 Å². The van der Waals surface area contributed by atoms with Crippen LogP contribution in [0.15, 0.2) is 36.4 Å². The third-order valence-electron chi connectivity index (χ3n) is 6.89. The van der Waals surface area contributed by atoms with Crippen molar-refractivity contribution in [1.82, 2.24) is 0 Å². The Morgan fingerprint density at radius 3 is 2.54 bits per heavy atom. The summed E-state index contributed by atoms with van der Waals surface area (Å²) in [7, 11) is 0. The number of halogens is 2. The average Bonchev–Trinajstić information content (AvgIpc) is 3.68. The largest absolute Gasteiger partial charge is 0.381 e. The molecule has 35 heavy (non-hydrogen) atoms. The molecule has 2 aliphatic rings. The first-order chi connectivity index (χ1) is 17.0. The molecule has 2 amide bonds.